The van der Waals surface area contributed by atoms with Crippen LogP contribution in [-0.4, -0.2) is 29.1 Å². The van der Waals surface area contributed by atoms with Gasteiger partial charge < -0.3 is 9.64 Å². The van der Waals surface area contributed by atoms with Gasteiger partial charge in [-0.1, -0.05) is 32.6 Å². The van der Waals surface area contributed by atoms with E-state index >= 15 is 0 Å². The lowest BCUT2D eigenvalue weighted by Crippen LogP contribution is -2.40. The third kappa shape index (κ3) is 3.86. The second-order valence-corrected chi connectivity index (χ2v) is 5.99. The molecule has 1 aromatic heterocycles. The molecule has 110 valence electrons. The van der Waals surface area contributed by atoms with E-state index in [4.69, 9.17) is 4.74 Å². The molecule has 2 rings (SSSR count). The predicted octanol–water partition coefficient (Wildman–Crippen LogP) is 3.20. The lowest BCUT2D eigenvalue weighted by Gasteiger charge is -2.36. The molecule has 1 aliphatic heterocycles. The fourth-order valence-electron chi connectivity index (χ4n) is 2.63. The number of nitrogens with zero attached hydrogens (tertiary/aromatic N) is 3. The summed E-state index contributed by atoms with van der Waals surface area (Å²) in [6.45, 7) is 8.90. The van der Waals surface area contributed by atoms with Crippen molar-refractivity contribution in [3.63, 3.8) is 0 Å². The van der Waals surface area contributed by atoms with Crippen LogP contribution in [0.1, 0.15) is 40.0 Å². The van der Waals surface area contributed by atoms with Crippen molar-refractivity contribution >= 4 is 16.7 Å². The summed E-state index contributed by atoms with van der Waals surface area (Å²) in [5.41, 5.74) is 0. The number of ether oxygens (including phenoxy) is 1. The maximum absolute atomic E-state index is 5.41. The van der Waals surface area contributed by atoms with Gasteiger partial charge in [-0.2, -0.15) is 4.98 Å². The summed E-state index contributed by atoms with van der Waals surface area (Å²) in [4.78, 5) is 6.86. The van der Waals surface area contributed by atoms with E-state index in [1.54, 1.807) is 6.92 Å². The van der Waals surface area contributed by atoms with Crippen LogP contribution in [0.2, 0.25) is 0 Å². The van der Waals surface area contributed by atoms with Crippen LogP contribution >= 0.6 is 11.5 Å². The summed E-state index contributed by atoms with van der Waals surface area (Å²) in [7, 11) is 0. The number of aromatic nitrogens is 2. The molecule has 2 unspecified atom stereocenters. The standard InChI is InChI=1S/C15H23N3OS/c1-4-7-8-19-14-16-15(20-17-14)18-10-12(5-2)9-13(6-3)11-18/h12-13H,5-6,8-11H2,1-3H3. The molecule has 0 spiro atoms. The Kier molecular flexibility index (Phi) is 5.66. The molecule has 0 aromatic carbocycles. The maximum atomic E-state index is 5.41. The van der Waals surface area contributed by atoms with E-state index in [0.717, 1.165) is 30.1 Å². The highest BCUT2D eigenvalue weighted by Gasteiger charge is 2.27. The van der Waals surface area contributed by atoms with E-state index < -0.39 is 0 Å². The van der Waals surface area contributed by atoms with Crippen molar-refractivity contribution in [1.82, 2.24) is 9.36 Å². The molecule has 20 heavy (non-hydrogen) atoms. The van der Waals surface area contributed by atoms with Crippen LogP contribution in [0.25, 0.3) is 0 Å². The van der Waals surface area contributed by atoms with E-state index in [2.05, 4.69) is 39.9 Å². The zero-order chi connectivity index (χ0) is 14.4. The van der Waals surface area contributed by atoms with Gasteiger partial charge >= 0.3 is 6.01 Å². The summed E-state index contributed by atoms with van der Waals surface area (Å²) in [5.74, 6) is 7.20. The second-order valence-electron chi connectivity index (χ2n) is 5.26. The molecule has 0 amide bonds. The molecule has 1 aromatic rings. The first-order valence-corrected chi connectivity index (χ1v) is 8.15. The van der Waals surface area contributed by atoms with Gasteiger partial charge in [0.1, 0.15) is 0 Å². The molecule has 0 aliphatic carbocycles. The molecule has 0 bridgehead atoms. The highest BCUT2D eigenvalue weighted by Crippen LogP contribution is 2.31. The average molecular weight is 293 g/mol. The van der Waals surface area contributed by atoms with Crippen molar-refractivity contribution in [3.05, 3.63) is 0 Å². The number of anilines is 1. The fraction of sp³-hybridized carbons (Fsp3) is 0.733. The SMILES string of the molecule is CC#CCOc1nsc(N2CC(CC)CC(CC)C2)n1. The number of hydrogen-bond acceptors (Lipinski definition) is 5. The van der Waals surface area contributed by atoms with E-state index in [-0.39, 0.29) is 0 Å². The zero-order valence-electron chi connectivity index (χ0n) is 12.6. The van der Waals surface area contributed by atoms with Crippen LogP contribution in [0.3, 0.4) is 0 Å². The lowest BCUT2D eigenvalue weighted by atomic mass is 9.86. The molecule has 4 nitrogen and oxygen atoms in total. The lowest BCUT2D eigenvalue weighted by molar-refractivity contribution is 0.303. The van der Waals surface area contributed by atoms with Crippen LogP contribution in [-0.2, 0) is 0 Å². The summed E-state index contributed by atoms with van der Waals surface area (Å²) < 4.78 is 9.68. The van der Waals surface area contributed by atoms with Crippen LogP contribution in [0.4, 0.5) is 5.13 Å². The smallest absolute Gasteiger partial charge is 0.331 e. The van der Waals surface area contributed by atoms with E-state index in [0.29, 0.717) is 12.6 Å². The van der Waals surface area contributed by atoms with E-state index in [9.17, 15) is 0 Å². The molecular formula is C15H23N3OS. The highest BCUT2D eigenvalue weighted by atomic mass is 32.1. The topological polar surface area (TPSA) is 38.2 Å². The summed E-state index contributed by atoms with van der Waals surface area (Å²) >= 11 is 1.43. The van der Waals surface area contributed by atoms with Gasteiger partial charge in [0.2, 0.25) is 5.13 Å². The van der Waals surface area contributed by atoms with Gasteiger partial charge in [-0.25, -0.2) is 0 Å². The highest BCUT2D eigenvalue weighted by molar-refractivity contribution is 7.09. The van der Waals surface area contributed by atoms with Crippen LogP contribution in [0.15, 0.2) is 0 Å². The quantitative estimate of drug-likeness (QED) is 0.781. The first-order valence-electron chi connectivity index (χ1n) is 7.37. The normalized spacial score (nSPS) is 22.2. The summed E-state index contributed by atoms with van der Waals surface area (Å²) in [5, 5.41) is 0.987. The first-order chi connectivity index (χ1) is 9.76. The average Bonchev–Trinajstić information content (AvgIpc) is 2.96. The van der Waals surface area contributed by atoms with Gasteiger partial charge in [0.05, 0.1) is 0 Å². The third-order valence-electron chi connectivity index (χ3n) is 3.90. The maximum Gasteiger partial charge on any atom is 0.331 e. The molecule has 1 aliphatic rings. The minimum atomic E-state index is 0.363. The van der Waals surface area contributed by atoms with E-state index in [1.165, 1.54) is 30.8 Å². The van der Waals surface area contributed by atoms with Crippen molar-refractivity contribution in [1.29, 1.82) is 0 Å². The number of hydrogen-bond donors (Lipinski definition) is 0. The Labute approximate surface area is 125 Å². The van der Waals surface area contributed by atoms with Crippen molar-refractivity contribution in [2.24, 2.45) is 11.8 Å². The summed E-state index contributed by atoms with van der Waals surface area (Å²) in [6, 6.07) is 0.458. The predicted molar refractivity (Wildman–Crippen MR) is 83.2 cm³/mol. The van der Waals surface area contributed by atoms with Crippen LogP contribution in [0, 0.1) is 23.7 Å². The Hall–Kier alpha value is -1.28. The van der Waals surface area contributed by atoms with Crippen molar-refractivity contribution < 1.29 is 4.74 Å². The van der Waals surface area contributed by atoms with Gasteiger partial charge in [0.15, 0.2) is 6.61 Å². The minimum absolute atomic E-state index is 0.363. The van der Waals surface area contributed by atoms with Gasteiger partial charge in [-0.05, 0) is 25.2 Å². The molecule has 1 fully saturated rings. The molecular weight excluding hydrogens is 270 g/mol. The Morgan fingerprint density at radius 3 is 2.60 bits per heavy atom. The molecule has 0 radical (unpaired) electrons. The molecule has 2 heterocycles. The fourth-order valence-corrected chi connectivity index (χ4v) is 3.27. The van der Waals surface area contributed by atoms with Crippen LogP contribution in [0.5, 0.6) is 6.01 Å². The molecule has 0 saturated carbocycles. The molecule has 5 heteroatoms. The molecule has 1 saturated heterocycles. The Morgan fingerprint density at radius 1 is 1.30 bits per heavy atom. The van der Waals surface area contributed by atoms with Gasteiger partial charge in [-0.3, -0.25) is 0 Å². The number of piperidine rings is 1. The van der Waals surface area contributed by atoms with Crippen molar-refractivity contribution in [2.45, 2.75) is 40.0 Å². The van der Waals surface area contributed by atoms with Gasteiger partial charge in [0.25, 0.3) is 0 Å². The Balaban J connectivity index is 2.00. The molecule has 2 atom stereocenters. The third-order valence-corrected chi connectivity index (χ3v) is 4.66. The first kappa shape index (κ1) is 15.1. The van der Waals surface area contributed by atoms with Crippen molar-refractivity contribution in [3.8, 4) is 17.9 Å². The van der Waals surface area contributed by atoms with Gasteiger partial charge in [0, 0.05) is 24.6 Å². The van der Waals surface area contributed by atoms with Crippen LogP contribution < -0.4 is 9.64 Å². The zero-order valence-corrected chi connectivity index (χ0v) is 13.4. The Morgan fingerprint density at radius 2 is 2.00 bits per heavy atom. The van der Waals surface area contributed by atoms with Gasteiger partial charge in [-0.15, -0.1) is 10.3 Å². The second kappa shape index (κ2) is 7.49. The largest absolute Gasteiger partial charge is 0.450 e. The van der Waals surface area contributed by atoms with Crippen molar-refractivity contribution in [2.75, 3.05) is 24.6 Å². The minimum Gasteiger partial charge on any atom is -0.450 e. The Bertz CT molecular complexity index is 465. The molecule has 0 N–H and O–H groups in total. The summed E-state index contributed by atoms with van der Waals surface area (Å²) in [6.07, 6.45) is 3.82. The van der Waals surface area contributed by atoms with E-state index in [1.807, 2.05) is 0 Å². The number of rotatable bonds is 5. The monoisotopic (exact) mass is 293 g/mol.